The van der Waals surface area contributed by atoms with E-state index >= 15 is 0 Å². The van der Waals surface area contributed by atoms with Gasteiger partial charge in [-0.15, -0.1) is 0 Å². The van der Waals surface area contributed by atoms with E-state index in [2.05, 4.69) is 32.3 Å². The standard InChI is InChI=1S/C17H20N4OS/c22-14-9-12-3-1-2-4-13(12)17(14)20-15-10-16(19-11-18-15)21-5-7-23-8-6-21/h1-4,10-11,14,17,22H,5-9H2,(H,18,19,20)/t14-,17+/m0/s1. The molecule has 0 amide bonds. The molecule has 4 rings (SSSR count). The Morgan fingerprint density at radius 1 is 1.17 bits per heavy atom. The van der Waals surface area contributed by atoms with Crippen molar-refractivity contribution in [1.29, 1.82) is 0 Å². The van der Waals surface area contributed by atoms with Crippen LogP contribution in [0.3, 0.4) is 0 Å². The van der Waals surface area contributed by atoms with Gasteiger partial charge >= 0.3 is 0 Å². The fourth-order valence-corrected chi connectivity index (χ4v) is 4.20. The van der Waals surface area contributed by atoms with E-state index < -0.39 is 6.10 Å². The minimum atomic E-state index is -0.419. The van der Waals surface area contributed by atoms with Crippen molar-refractivity contribution in [2.75, 3.05) is 34.8 Å². The van der Waals surface area contributed by atoms with Crippen molar-refractivity contribution in [3.8, 4) is 0 Å². The van der Waals surface area contributed by atoms with E-state index in [0.29, 0.717) is 6.42 Å². The first-order valence-corrected chi connectivity index (χ1v) is 9.14. The highest BCUT2D eigenvalue weighted by Gasteiger charge is 2.31. The van der Waals surface area contributed by atoms with Crippen molar-refractivity contribution in [3.63, 3.8) is 0 Å². The molecule has 0 saturated carbocycles. The maximum atomic E-state index is 10.4. The van der Waals surface area contributed by atoms with Crippen molar-refractivity contribution < 1.29 is 5.11 Å². The summed E-state index contributed by atoms with van der Waals surface area (Å²) in [5, 5.41) is 13.8. The molecule has 5 nitrogen and oxygen atoms in total. The van der Waals surface area contributed by atoms with Gasteiger partial charge in [-0.25, -0.2) is 9.97 Å². The molecule has 0 unspecified atom stereocenters. The predicted octanol–water partition coefficient (Wildman–Crippen LogP) is 2.10. The zero-order chi connectivity index (χ0) is 15.6. The average Bonchev–Trinajstić information content (AvgIpc) is 2.92. The monoisotopic (exact) mass is 328 g/mol. The highest BCUT2D eigenvalue weighted by atomic mass is 32.2. The molecule has 2 aromatic rings. The SMILES string of the molecule is O[C@H]1Cc2ccccc2[C@H]1Nc1cc(N2CCSCC2)ncn1. The molecule has 1 aromatic heterocycles. The van der Waals surface area contributed by atoms with Crippen LogP contribution in [0.5, 0.6) is 0 Å². The van der Waals surface area contributed by atoms with Crippen molar-refractivity contribution in [3.05, 3.63) is 47.8 Å². The molecule has 1 aromatic carbocycles. The molecule has 0 bridgehead atoms. The minimum Gasteiger partial charge on any atom is -0.390 e. The topological polar surface area (TPSA) is 61.3 Å². The number of aliphatic hydroxyl groups excluding tert-OH is 1. The third kappa shape index (κ3) is 3.01. The van der Waals surface area contributed by atoms with Gasteiger partial charge in [-0.3, -0.25) is 0 Å². The van der Waals surface area contributed by atoms with Crippen molar-refractivity contribution >= 4 is 23.4 Å². The van der Waals surface area contributed by atoms with Gasteiger partial charge in [0, 0.05) is 37.1 Å². The van der Waals surface area contributed by atoms with Gasteiger partial charge in [-0.1, -0.05) is 24.3 Å². The molecule has 1 aliphatic carbocycles. The van der Waals surface area contributed by atoms with Gasteiger partial charge in [0.2, 0.25) is 0 Å². The quantitative estimate of drug-likeness (QED) is 0.900. The van der Waals surface area contributed by atoms with Crippen LogP contribution >= 0.6 is 11.8 Å². The Labute approximate surface area is 140 Å². The van der Waals surface area contributed by atoms with E-state index in [9.17, 15) is 5.11 Å². The second-order valence-electron chi connectivity index (χ2n) is 5.95. The van der Waals surface area contributed by atoms with Crippen molar-refractivity contribution in [2.45, 2.75) is 18.6 Å². The maximum Gasteiger partial charge on any atom is 0.134 e. The molecule has 2 heterocycles. The summed E-state index contributed by atoms with van der Waals surface area (Å²) in [4.78, 5) is 11.0. The van der Waals surface area contributed by atoms with Crippen LogP contribution in [0, 0.1) is 0 Å². The number of rotatable bonds is 3. The van der Waals surface area contributed by atoms with Crippen LogP contribution in [-0.2, 0) is 6.42 Å². The highest BCUT2D eigenvalue weighted by molar-refractivity contribution is 7.99. The highest BCUT2D eigenvalue weighted by Crippen LogP contribution is 2.34. The van der Waals surface area contributed by atoms with Gasteiger partial charge in [0.15, 0.2) is 0 Å². The molecule has 2 aliphatic rings. The molecule has 2 atom stereocenters. The zero-order valence-electron chi connectivity index (χ0n) is 12.9. The lowest BCUT2D eigenvalue weighted by Gasteiger charge is -2.27. The third-order valence-electron chi connectivity index (χ3n) is 4.50. The number of aliphatic hydroxyl groups is 1. The number of nitrogens with one attached hydrogen (secondary N) is 1. The van der Waals surface area contributed by atoms with E-state index in [-0.39, 0.29) is 6.04 Å². The third-order valence-corrected chi connectivity index (χ3v) is 5.44. The molecule has 120 valence electrons. The molecule has 1 saturated heterocycles. The van der Waals surface area contributed by atoms with Gasteiger partial charge in [0.1, 0.15) is 18.0 Å². The van der Waals surface area contributed by atoms with Gasteiger partial charge in [0.05, 0.1) is 12.1 Å². The molecule has 1 aliphatic heterocycles. The fourth-order valence-electron chi connectivity index (χ4n) is 3.30. The number of hydrogen-bond acceptors (Lipinski definition) is 6. The number of fused-ring (bicyclic) bond motifs is 1. The lowest BCUT2D eigenvalue weighted by Crippen LogP contribution is -2.33. The summed E-state index contributed by atoms with van der Waals surface area (Å²) in [5.41, 5.74) is 2.37. The maximum absolute atomic E-state index is 10.4. The number of benzene rings is 1. The Balaban J connectivity index is 1.55. The first-order valence-electron chi connectivity index (χ1n) is 7.98. The molecule has 6 heteroatoms. The summed E-state index contributed by atoms with van der Waals surface area (Å²) in [6.07, 6.45) is 1.87. The number of thioether (sulfide) groups is 1. The number of anilines is 2. The van der Waals surface area contributed by atoms with E-state index in [0.717, 1.165) is 41.8 Å². The Morgan fingerprint density at radius 3 is 2.87 bits per heavy atom. The molecule has 0 spiro atoms. The fraction of sp³-hybridized carbons (Fsp3) is 0.412. The minimum absolute atomic E-state index is 0.106. The second kappa shape index (κ2) is 6.37. The largest absolute Gasteiger partial charge is 0.390 e. The van der Waals surface area contributed by atoms with Gasteiger partial charge < -0.3 is 15.3 Å². The van der Waals surface area contributed by atoms with Crippen LogP contribution in [0.2, 0.25) is 0 Å². The Morgan fingerprint density at radius 2 is 2.00 bits per heavy atom. The normalized spacial score (nSPS) is 23.6. The molecule has 0 radical (unpaired) electrons. The van der Waals surface area contributed by atoms with Gasteiger partial charge in [-0.2, -0.15) is 11.8 Å². The van der Waals surface area contributed by atoms with Gasteiger partial charge in [0.25, 0.3) is 0 Å². The molecular formula is C17H20N4OS. The first kappa shape index (κ1) is 14.8. The molecular weight excluding hydrogens is 308 g/mol. The predicted molar refractivity (Wildman–Crippen MR) is 94.1 cm³/mol. The van der Waals surface area contributed by atoms with Crippen LogP contribution in [0.4, 0.5) is 11.6 Å². The van der Waals surface area contributed by atoms with Crippen LogP contribution in [0.15, 0.2) is 36.7 Å². The average molecular weight is 328 g/mol. The van der Waals surface area contributed by atoms with Crippen LogP contribution < -0.4 is 10.2 Å². The summed E-state index contributed by atoms with van der Waals surface area (Å²) in [6.45, 7) is 2.05. The van der Waals surface area contributed by atoms with Crippen molar-refractivity contribution in [2.24, 2.45) is 0 Å². The van der Waals surface area contributed by atoms with Crippen LogP contribution in [0.25, 0.3) is 0 Å². The molecule has 1 fully saturated rings. The van der Waals surface area contributed by atoms with Crippen LogP contribution in [0.1, 0.15) is 17.2 Å². The summed E-state index contributed by atoms with van der Waals surface area (Å²) < 4.78 is 0. The van der Waals surface area contributed by atoms with Gasteiger partial charge in [-0.05, 0) is 11.1 Å². The summed E-state index contributed by atoms with van der Waals surface area (Å²) in [6, 6.07) is 10.1. The van der Waals surface area contributed by atoms with Crippen LogP contribution in [-0.4, -0.2) is 45.8 Å². The lowest BCUT2D eigenvalue weighted by atomic mass is 10.1. The number of aromatic nitrogens is 2. The molecule has 23 heavy (non-hydrogen) atoms. The number of nitrogens with zero attached hydrogens (tertiary/aromatic N) is 3. The Bertz CT molecular complexity index is 690. The van der Waals surface area contributed by atoms with Crippen molar-refractivity contribution in [1.82, 2.24) is 9.97 Å². The lowest BCUT2D eigenvalue weighted by molar-refractivity contribution is 0.165. The first-order chi connectivity index (χ1) is 11.3. The summed E-state index contributed by atoms with van der Waals surface area (Å²) >= 11 is 1.98. The van der Waals surface area contributed by atoms with E-state index in [4.69, 9.17) is 0 Å². The van der Waals surface area contributed by atoms with E-state index in [1.54, 1.807) is 6.33 Å². The Kier molecular flexibility index (Phi) is 4.10. The number of hydrogen-bond donors (Lipinski definition) is 2. The molecule has 2 N–H and O–H groups in total. The summed E-state index contributed by atoms with van der Waals surface area (Å²) in [5.74, 6) is 4.01. The Hall–Kier alpha value is -1.79. The van der Waals surface area contributed by atoms with E-state index in [1.807, 2.05) is 30.0 Å². The van der Waals surface area contributed by atoms with E-state index in [1.165, 1.54) is 5.56 Å². The second-order valence-corrected chi connectivity index (χ2v) is 7.18. The zero-order valence-corrected chi connectivity index (χ0v) is 13.7. The summed E-state index contributed by atoms with van der Waals surface area (Å²) in [7, 11) is 0. The smallest absolute Gasteiger partial charge is 0.134 e.